The summed E-state index contributed by atoms with van der Waals surface area (Å²) in [6, 6.07) is 0.264. The number of sulfonamides is 1. The molecule has 2 N–H and O–H groups in total. The van der Waals surface area contributed by atoms with Crippen molar-refractivity contribution in [1.29, 1.82) is 0 Å². The summed E-state index contributed by atoms with van der Waals surface area (Å²) >= 11 is 0. The van der Waals surface area contributed by atoms with Gasteiger partial charge in [0.25, 0.3) is 0 Å². The van der Waals surface area contributed by atoms with Crippen LogP contribution >= 0.6 is 0 Å². The SMILES string of the molecule is CCNC(C)CC(=O)NC1CCN(S(=O)(=O)CC)CC1. The van der Waals surface area contributed by atoms with E-state index in [9.17, 15) is 13.2 Å². The predicted octanol–water partition coefficient (Wildman–Crippen LogP) is 0.305. The zero-order valence-corrected chi connectivity index (χ0v) is 13.5. The Balaban J connectivity index is 2.34. The maximum atomic E-state index is 11.8. The van der Waals surface area contributed by atoms with Crippen LogP contribution in [0.3, 0.4) is 0 Å². The molecule has 0 aliphatic carbocycles. The summed E-state index contributed by atoms with van der Waals surface area (Å²) in [5, 5.41) is 6.20. The summed E-state index contributed by atoms with van der Waals surface area (Å²) in [6.45, 7) is 7.51. The van der Waals surface area contributed by atoms with Crippen molar-refractivity contribution in [2.45, 2.75) is 52.1 Å². The molecule has 1 rings (SSSR count). The zero-order valence-electron chi connectivity index (χ0n) is 12.7. The first-order valence-corrected chi connectivity index (χ1v) is 9.00. The smallest absolute Gasteiger partial charge is 0.221 e. The minimum Gasteiger partial charge on any atom is -0.353 e. The van der Waals surface area contributed by atoms with Gasteiger partial charge >= 0.3 is 0 Å². The number of nitrogens with zero attached hydrogens (tertiary/aromatic N) is 1. The van der Waals surface area contributed by atoms with E-state index in [1.165, 1.54) is 4.31 Å². The topological polar surface area (TPSA) is 78.5 Å². The molecule has 0 aromatic carbocycles. The predicted molar refractivity (Wildman–Crippen MR) is 80.0 cm³/mol. The van der Waals surface area contributed by atoms with Crippen LogP contribution in [0.2, 0.25) is 0 Å². The van der Waals surface area contributed by atoms with Crippen LogP contribution in [-0.4, -0.2) is 56.1 Å². The molecule has 0 bridgehead atoms. The molecular weight excluding hydrogens is 278 g/mol. The van der Waals surface area contributed by atoms with Crippen LogP contribution in [0.15, 0.2) is 0 Å². The van der Waals surface area contributed by atoms with Crippen molar-refractivity contribution in [3.63, 3.8) is 0 Å². The molecule has 1 saturated heterocycles. The molecule has 1 amide bonds. The second-order valence-corrected chi connectivity index (χ2v) is 7.56. The number of hydrogen-bond donors (Lipinski definition) is 2. The average Bonchev–Trinajstić information content (AvgIpc) is 2.39. The largest absolute Gasteiger partial charge is 0.353 e. The third kappa shape index (κ3) is 5.38. The Bertz CT molecular complexity index is 403. The van der Waals surface area contributed by atoms with E-state index in [4.69, 9.17) is 0 Å². The van der Waals surface area contributed by atoms with Crippen molar-refractivity contribution in [3.8, 4) is 0 Å². The lowest BCUT2D eigenvalue weighted by Crippen LogP contribution is -2.47. The molecule has 0 radical (unpaired) electrons. The van der Waals surface area contributed by atoms with E-state index in [-0.39, 0.29) is 23.7 Å². The van der Waals surface area contributed by atoms with E-state index in [0.717, 1.165) is 6.54 Å². The molecule has 1 unspecified atom stereocenters. The number of carbonyl (C=O) groups excluding carboxylic acids is 1. The number of nitrogens with one attached hydrogen (secondary N) is 2. The Labute approximate surface area is 122 Å². The Hall–Kier alpha value is -0.660. The lowest BCUT2D eigenvalue weighted by Gasteiger charge is -2.31. The van der Waals surface area contributed by atoms with Crippen molar-refractivity contribution in [3.05, 3.63) is 0 Å². The molecule has 1 aliphatic heterocycles. The minimum absolute atomic E-state index is 0.0373. The van der Waals surface area contributed by atoms with Gasteiger partial charge in [-0.2, -0.15) is 0 Å². The van der Waals surface area contributed by atoms with Gasteiger partial charge in [-0.25, -0.2) is 12.7 Å². The van der Waals surface area contributed by atoms with E-state index in [1.807, 2.05) is 13.8 Å². The molecular formula is C13H27N3O3S. The van der Waals surface area contributed by atoms with E-state index < -0.39 is 10.0 Å². The fraction of sp³-hybridized carbons (Fsp3) is 0.923. The summed E-state index contributed by atoms with van der Waals surface area (Å²) in [5.74, 6) is 0.180. The molecule has 20 heavy (non-hydrogen) atoms. The summed E-state index contributed by atoms with van der Waals surface area (Å²) in [7, 11) is -3.09. The van der Waals surface area contributed by atoms with Gasteiger partial charge in [-0.3, -0.25) is 4.79 Å². The molecule has 7 heteroatoms. The van der Waals surface area contributed by atoms with Gasteiger partial charge in [-0.1, -0.05) is 6.92 Å². The highest BCUT2D eigenvalue weighted by molar-refractivity contribution is 7.89. The van der Waals surface area contributed by atoms with Gasteiger partial charge in [0.15, 0.2) is 0 Å². The van der Waals surface area contributed by atoms with E-state index >= 15 is 0 Å². The number of piperidine rings is 1. The van der Waals surface area contributed by atoms with Gasteiger partial charge < -0.3 is 10.6 Å². The van der Waals surface area contributed by atoms with Crippen molar-refractivity contribution >= 4 is 15.9 Å². The fourth-order valence-corrected chi connectivity index (χ4v) is 3.58. The normalized spacial score (nSPS) is 19.8. The minimum atomic E-state index is -3.09. The van der Waals surface area contributed by atoms with Crippen LogP contribution < -0.4 is 10.6 Å². The zero-order chi connectivity index (χ0) is 15.2. The maximum absolute atomic E-state index is 11.8. The molecule has 0 saturated carbocycles. The van der Waals surface area contributed by atoms with Crippen molar-refractivity contribution in [2.24, 2.45) is 0 Å². The molecule has 0 aromatic heterocycles. The van der Waals surface area contributed by atoms with Gasteiger partial charge in [0.2, 0.25) is 15.9 Å². The first kappa shape index (κ1) is 17.4. The Morgan fingerprint density at radius 1 is 1.30 bits per heavy atom. The standard InChI is InChI=1S/C13H27N3O3S/c1-4-14-11(3)10-13(17)15-12-6-8-16(9-7-12)20(18,19)5-2/h11-12,14H,4-10H2,1-3H3,(H,15,17). The monoisotopic (exact) mass is 305 g/mol. The number of hydrogen-bond acceptors (Lipinski definition) is 4. The Kier molecular flexibility index (Phi) is 6.91. The van der Waals surface area contributed by atoms with Crippen LogP contribution in [0.25, 0.3) is 0 Å². The summed E-state index contributed by atoms with van der Waals surface area (Å²) < 4.78 is 25.0. The molecule has 0 spiro atoms. The van der Waals surface area contributed by atoms with E-state index in [1.54, 1.807) is 6.92 Å². The third-order valence-electron chi connectivity index (χ3n) is 3.62. The van der Waals surface area contributed by atoms with Gasteiger partial charge in [0.05, 0.1) is 5.75 Å². The van der Waals surface area contributed by atoms with Crippen LogP contribution in [-0.2, 0) is 14.8 Å². The maximum Gasteiger partial charge on any atom is 0.221 e. The molecule has 0 aromatic rings. The van der Waals surface area contributed by atoms with Crippen LogP contribution in [0.1, 0.15) is 40.0 Å². The average molecular weight is 305 g/mol. The van der Waals surface area contributed by atoms with Crippen LogP contribution in [0, 0.1) is 0 Å². The van der Waals surface area contributed by atoms with E-state index in [2.05, 4.69) is 10.6 Å². The highest BCUT2D eigenvalue weighted by atomic mass is 32.2. The quantitative estimate of drug-likeness (QED) is 0.709. The highest BCUT2D eigenvalue weighted by Gasteiger charge is 2.27. The highest BCUT2D eigenvalue weighted by Crippen LogP contribution is 2.14. The molecule has 1 atom stereocenters. The first-order chi connectivity index (χ1) is 9.39. The Morgan fingerprint density at radius 3 is 2.40 bits per heavy atom. The Morgan fingerprint density at radius 2 is 1.90 bits per heavy atom. The second-order valence-electron chi connectivity index (χ2n) is 5.30. The molecule has 6 nitrogen and oxygen atoms in total. The van der Waals surface area contributed by atoms with Crippen LogP contribution in [0.4, 0.5) is 0 Å². The van der Waals surface area contributed by atoms with Crippen molar-refractivity contribution < 1.29 is 13.2 Å². The number of carbonyl (C=O) groups is 1. The van der Waals surface area contributed by atoms with E-state index in [0.29, 0.717) is 32.4 Å². The van der Waals surface area contributed by atoms with Gasteiger partial charge in [-0.15, -0.1) is 0 Å². The van der Waals surface area contributed by atoms with Gasteiger partial charge in [0, 0.05) is 31.6 Å². The fourth-order valence-electron chi connectivity index (χ4n) is 2.45. The first-order valence-electron chi connectivity index (χ1n) is 7.39. The third-order valence-corrected chi connectivity index (χ3v) is 5.50. The molecule has 1 heterocycles. The lowest BCUT2D eigenvalue weighted by atomic mass is 10.1. The summed E-state index contributed by atoms with van der Waals surface area (Å²) in [4.78, 5) is 11.8. The van der Waals surface area contributed by atoms with Gasteiger partial charge in [0.1, 0.15) is 0 Å². The van der Waals surface area contributed by atoms with Crippen LogP contribution in [0.5, 0.6) is 0 Å². The van der Waals surface area contributed by atoms with Crippen molar-refractivity contribution in [1.82, 2.24) is 14.9 Å². The second kappa shape index (κ2) is 7.95. The van der Waals surface area contributed by atoms with Gasteiger partial charge in [-0.05, 0) is 33.2 Å². The summed E-state index contributed by atoms with van der Waals surface area (Å²) in [5.41, 5.74) is 0. The summed E-state index contributed by atoms with van der Waals surface area (Å²) in [6.07, 6.45) is 1.85. The molecule has 1 aliphatic rings. The molecule has 118 valence electrons. The van der Waals surface area contributed by atoms with Crippen molar-refractivity contribution in [2.75, 3.05) is 25.4 Å². The number of amides is 1. The molecule has 1 fully saturated rings. The number of rotatable bonds is 7. The lowest BCUT2D eigenvalue weighted by molar-refractivity contribution is -0.122.